The molecule has 0 aromatic heterocycles. The molecule has 4 nitrogen and oxygen atoms in total. The lowest BCUT2D eigenvalue weighted by molar-refractivity contribution is 0.591. The largest absolute Gasteiger partial charge is 0.314 e. The second-order valence-corrected chi connectivity index (χ2v) is 7.59. The van der Waals surface area contributed by atoms with Crippen molar-refractivity contribution in [2.45, 2.75) is 38.6 Å². The van der Waals surface area contributed by atoms with Crippen LogP contribution < -0.4 is 10.0 Å². The average Bonchev–Trinajstić information content (AvgIpc) is 3.16. The summed E-state index contributed by atoms with van der Waals surface area (Å²) in [6.07, 6.45) is 4.04. The number of hydrogen-bond donors (Lipinski definition) is 2. The van der Waals surface area contributed by atoms with Gasteiger partial charge in [-0.05, 0) is 56.8 Å². The van der Waals surface area contributed by atoms with Crippen molar-refractivity contribution < 1.29 is 8.42 Å². The smallest absolute Gasteiger partial charge is 0.232 e. The maximum absolute atomic E-state index is 12.0. The molecule has 20 heavy (non-hydrogen) atoms. The van der Waals surface area contributed by atoms with Gasteiger partial charge in [0.15, 0.2) is 0 Å². The normalized spacial score (nSPS) is 15.3. The van der Waals surface area contributed by atoms with Crippen molar-refractivity contribution in [1.82, 2.24) is 5.32 Å². The van der Waals surface area contributed by atoms with E-state index < -0.39 is 10.0 Å². The first-order chi connectivity index (χ1) is 9.46. The number of nitrogens with one attached hydrogen (secondary N) is 2. The van der Waals surface area contributed by atoms with Crippen molar-refractivity contribution in [1.29, 1.82) is 0 Å². The monoisotopic (exact) mass is 316 g/mol. The van der Waals surface area contributed by atoms with Gasteiger partial charge in [-0.15, -0.1) is 0 Å². The lowest BCUT2D eigenvalue weighted by atomic mass is 10.2. The Hall–Kier alpha value is -0.780. The summed E-state index contributed by atoms with van der Waals surface area (Å²) in [5.74, 6) is 0.129. The minimum absolute atomic E-state index is 0.129. The van der Waals surface area contributed by atoms with Gasteiger partial charge in [0.2, 0.25) is 10.0 Å². The lowest BCUT2D eigenvalue weighted by Gasteiger charge is -2.10. The Kier molecular flexibility index (Phi) is 5.29. The van der Waals surface area contributed by atoms with E-state index in [1.165, 1.54) is 12.8 Å². The number of unbranched alkanes of at least 4 members (excludes halogenated alkanes) is 1. The topological polar surface area (TPSA) is 58.2 Å². The minimum Gasteiger partial charge on any atom is -0.314 e. The molecule has 112 valence electrons. The number of halogens is 1. The fourth-order valence-electron chi connectivity index (χ4n) is 1.93. The first kappa shape index (κ1) is 15.6. The van der Waals surface area contributed by atoms with Crippen LogP contribution in [0, 0.1) is 6.92 Å². The average molecular weight is 317 g/mol. The summed E-state index contributed by atoms with van der Waals surface area (Å²) in [7, 11) is -3.32. The number of aryl methyl sites for hydroxylation is 1. The summed E-state index contributed by atoms with van der Waals surface area (Å²) in [6.45, 7) is 2.81. The van der Waals surface area contributed by atoms with Crippen molar-refractivity contribution in [3.05, 3.63) is 28.8 Å². The molecular weight excluding hydrogens is 296 g/mol. The van der Waals surface area contributed by atoms with E-state index in [4.69, 9.17) is 11.6 Å². The van der Waals surface area contributed by atoms with Crippen LogP contribution in [0.4, 0.5) is 5.69 Å². The Morgan fingerprint density at radius 2 is 2.05 bits per heavy atom. The molecule has 1 aliphatic rings. The van der Waals surface area contributed by atoms with Crippen molar-refractivity contribution >= 4 is 27.3 Å². The van der Waals surface area contributed by atoms with Gasteiger partial charge < -0.3 is 5.32 Å². The first-order valence-corrected chi connectivity index (χ1v) is 8.99. The summed E-state index contributed by atoms with van der Waals surface area (Å²) in [5, 5.41) is 3.81. The third kappa shape index (κ3) is 5.31. The Morgan fingerprint density at radius 3 is 2.70 bits per heavy atom. The zero-order chi connectivity index (χ0) is 14.6. The zero-order valence-corrected chi connectivity index (χ0v) is 13.2. The summed E-state index contributed by atoms with van der Waals surface area (Å²) in [6, 6.07) is 5.96. The molecule has 0 aliphatic heterocycles. The van der Waals surface area contributed by atoms with Crippen LogP contribution in [-0.2, 0) is 10.0 Å². The fraction of sp³-hybridized carbons (Fsp3) is 0.571. The SMILES string of the molecule is Cc1ccc(NS(=O)(=O)CCCCNC2CC2)c(Cl)c1. The molecule has 1 aromatic rings. The van der Waals surface area contributed by atoms with Gasteiger partial charge in [-0.25, -0.2) is 8.42 Å². The number of benzene rings is 1. The Bertz CT molecular complexity index is 556. The molecule has 2 rings (SSSR count). The molecule has 0 bridgehead atoms. The van der Waals surface area contributed by atoms with Crippen LogP contribution in [-0.4, -0.2) is 26.8 Å². The van der Waals surface area contributed by atoms with E-state index in [2.05, 4.69) is 10.0 Å². The van der Waals surface area contributed by atoms with E-state index >= 15 is 0 Å². The molecule has 0 heterocycles. The van der Waals surface area contributed by atoms with Crippen molar-refractivity contribution in [2.24, 2.45) is 0 Å². The molecule has 1 aliphatic carbocycles. The highest BCUT2D eigenvalue weighted by atomic mass is 35.5. The van der Waals surface area contributed by atoms with Gasteiger partial charge in [0.25, 0.3) is 0 Å². The van der Waals surface area contributed by atoms with E-state index in [1.54, 1.807) is 12.1 Å². The molecular formula is C14H21ClN2O2S. The molecule has 0 atom stereocenters. The second-order valence-electron chi connectivity index (χ2n) is 5.34. The highest BCUT2D eigenvalue weighted by Gasteiger charge is 2.19. The Labute approximate surface area is 126 Å². The van der Waals surface area contributed by atoms with Crippen LogP contribution in [0.1, 0.15) is 31.2 Å². The van der Waals surface area contributed by atoms with Crippen molar-refractivity contribution in [3.8, 4) is 0 Å². The van der Waals surface area contributed by atoms with Gasteiger partial charge in [-0.3, -0.25) is 4.72 Å². The van der Waals surface area contributed by atoms with Crippen LogP contribution in [0.3, 0.4) is 0 Å². The van der Waals surface area contributed by atoms with Gasteiger partial charge in [0.1, 0.15) is 0 Å². The predicted octanol–water partition coefficient (Wildman–Crippen LogP) is 2.92. The zero-order valence-electron chi connectivity index (χ0n) is 11.7. The maximum Gasteiger partial charge on any atom is 0.232 e. The van der Waals surface area contributed by atoms with Gasteiger partial charge >= 0.3 is 0 Å². The number of anilines is 1. The highest BCUT2D eigenvalue weighted by molar-refractivity contribution is 7.92. The molecule has 0 unspecified atom stereocenters. The molecule has 2 N–H and O–H groups in total. The van der Waals surface area contributed by atoms with E-state index in [0.29, 0.717) is 23.2 Å². The quantitative estimate of drug-likeness (QED) is 0.725. The minimum atomic E-state index is -3.32. The van der Waals surface area contributed by atoms with Gasteiger partial charge in [0.05, 0.1) is 16.5 Å². The molecule has 0 saturated heterocycles. The fourth-order valence-corrected chi connectivity index (χ4v) is 3.47. The molecule has 0 amide bonds. The molecule has 1 aromatic carbocycles. The summed E-state index contributed by atoms with van der Waals surface area (Å²) < 4.78 is 26.5. The third-order valence-corrected chi connectivity index (χ3v) is 4.91. The Balaban J connectivity index is 1.77. The van der Waals surface area contributed by atoms with Crippen LogP contribution >= 0.6 is 11.6 Å². The van der Waals surface area contributed by atoms with Gasteiger partial charge in [-0.2, -0.15) is 0 Å². The van der Waals surface area contributed by atoms with Crippen LogP contribution in [0.15, 0.2) is 18.2 Å². The molecule has 0 spiro atoms. The first-order valence-electron chi connectivity index (χ1n) is 6.96. The highest BCUT2D eigenvalue weighted by Crippen LogP contribution is 2.24. The van der Waals surface area contributed by atoms with E-state index in [-0.39, 0.29) is 5.75 Å². The summed E-state index contributed by atoms with van der Waals surface area (Å²) >= 11 is 6.02. The third-order valence-electron chi connectivity index (χ3n) is 3.24. The second kappa shape index (κ2) is 6.78. The van der Waals surface area contributed by atoms with Gasteiger partial charge in [0, 0.05) is 6.04 Å². The molecule has 1 saturated carbocycles. The van der Waals surface area contributed by atoms with Gasteiger partial charge in [-0.1, -0.05) is 17.7 Å². The molecule has 1 fully saturated rings. The standard InChI is InChI=1S/C14H21ClN2O2S/c1-11-4-7-14(13(15)10-11)17-20(18,19)9-3-2-8-16-12-5-6-12/h4,7,10,12,16-17H,2-3,5-6,8-9H2,1H3. The van der Waals surface area contributed by atoms with E-state index in [0.717, 1.165) is 18.5 Å². The van der Waals surface area contributed by atoms with Crippen LogP contribution in [0.5, 0.6) is 0 Å². The maximum atomic E-state index is 12.0. The predicted molar refractivity (Wildman–Crippen MR) is 83.9 cm³/mol. The molecule has 0 radical (unpaired) electrons. The Morgan fingerprint density at radius 1 is 1.30 bits per heavy atom. The summed E-state index contributed by atoms with van der Waals surface area (Å²) in [5.41, 5.74) is 1.46. The number of hydrogen-bond acceptors (Lipinski definition) is 3. The van der Waals surface area contributed by atoms with E-state index in [1.807, 2.05) is 13.0 Å². The number of sulfonamides is 1. The lowest BCUT2D eigenvalue weighted by Crippen LogP contribution is -2.20. The van der Waals surface area contributed by atoms with Crippen LogP contribution in [0.25, 0.3) is 0 Å². The van der Waals surface area contributed by atoms with Crippen molar-refractivity contribution in [3.63, 3.8) is 0 Å². The summed E-state index contributed by atoms with van der Waals surface area (Å²) in [4.78, 5) is 0. The van der Waals surface area contributed by atoms with Crippen molar-refractivity contribution in [2.75, 3.05) is 17.0 Å². The van der Waals surface area contributed by atoms with E-state index in [9.17, 15) is 8.42 Å². The van der Waals surface area contributed by atoms with Crippen LogP contribution in [0.2, 0.25) is 5.02 Å². The molecule has 6 heteroatoms. The number of rotatable bonds is 8.